The lowest BCUT2D eigenvalue weighted by Gasteiger charge is -2.31. The van der Waals surface area contributed by atoms with Crippen LogP contribution in [-0.4, -0.2) is 40.1 Å². The van der Waals surface area contributed by atoms with Crippen LogP contribution in [0.15, 0.2) is 116 Å². The highest BCUT2D eigenvalue weighted by Crippen LogP contribution is 2.27. The summed E-state index contributed by atoms with van der Waals surface area (Å²) < 4.78 is 58.6. The Kier molecular flexibility index (Phi) is 7.69. The van der Waals surface area contributed by atoms with Gasteiger partial charge in [0.1, 0.15) is 0 Å². The largest absolute Gasteiger partial charge is 0.439 e. The highest BCUT2D eigenvalue weighted by Gasteiger charge is 2.29. The Balaban J connectivity index is 1.20. The number of amides is 1. The van der Waals surface area contributed by atoms with Crippen LogP contribution in [0.25, 0.3) is 0 Å². The van der Waals surface area contributed by atoms with Crippen molar-refractivity contribution in [1.82, 2.24) is 4.31 Å². The van der Waals surface area contributed by atoms with Crippen molar-refractivity contribution in [2.45, 2.75) is 34.1 Å². The summed E-state index contributed by atoms with van der Waals surface area (Å²) in [6.07, 6.45) is 2.54. The average Bonchev–Trinajstić information content (AvgIpc) is 3.47. The van der Waals surface area contributed by atoms with Gasteiger partial charge in [-0.05, 0) is 79.3 Å². The second-order valence-electron chi connectivity index (χ2n) is 9.45. The fourth-order valence-corrected chi connectivity index (χ4v) is 7.32. The molecule has 39 heavy (non-hydrogen) atoms. The molecule has 0 unspecified atom stereocenters. The summed E-state index contributed by atoms with van der Waals surface area (Å²) in [7, 11) is -7.55. The van der Waals surface area contributed by atoms with Crippen molar-refractivity contribution in [2.24, 2.45) is 5.92 Å². The van der Waals surface area contributed by atoms with Gasteiger partial charge in [0.25, 0.3) is 5.91 Å². The molecule has 5 rings (SSSR count). The zero-order valence-electron chi connectivity index (χ0n) is 21.1. The predicted molar refractivity (Wildman–Crippen MR) is 147 cm³/mol. The van der Waals surface area contributed by atoms with E-state index in [0.717, 1.165) is 19.3 Å². The molecule has 202 valence electrons. The van der Waals surface area contributed by atoms with Crippen molar-refractivity contribution in [3.05, 3.63) is 108 Å². The van der Waals surface area contributed by atoms with Gasteiger partial charge in [-0.25, -0.2) is 16.8 Å². The monoisotopic (exact) mass is 564 g/mol. The summed E-state index contributed by atoms with van der Waals surface area (Å²) in [5, 5.41) is 2.27. The molecule has 3 aromatic carbocycles. The Bertz CT molecular complexity index is 1640. The molecule has 1 aromatic heterocycles. The molecule has 0 spiro atoms. The minimum absolute atomic E-state index is 0.0588. The smallest absolute Gasteiger partial charge is 0.291 e. The first-order valence-electron chi connectivity index (χ1n) is 12.6. The van der Waals surface area contributed by atoms with E-state index in [0.29, 0.717) is 24.7 Å². The number of furan rings is 1. The van der Waals surface area contributed by atoms with E-state index in [2.05, 4.69) is 17.4 Å². The maximum Gasteiger partial charge on any atom is 0.291 e. The third-order valence-electron chi connectivity index (χ3n) is 6.81. The second kappa shape index (κ2) is 11.2. The number of anilines is 1. The number of nitrogens with zero attached hydrogens (tertiary/aromatic N) is 1. The van der Waals surface area contributed by atoms with E-state index >= 15 is 0 Å². The first kappa shape index (κ1) is 26.9. The molecule has 1 fully saturated rings. The molecular formula is C29H28N2O6S2. The van der Waals surface area contributed by atoms with Gasteiger partial charge in [-0.1, -0.05) is 48.5 Å². The molecule has 1 aliphatic rings. The minimum atomic E-state index is -3.89. The molecule has 0 atom stereocenters. The van der Waals surface area contributed by atoms with Crippen molar-refractivity contribution in [3.63, 3.8) is 0 Å². The molecule has 2 heterocycles. The van der Waals surface area contributed by atoms with Gasteiger partial charge in [0, 0.05) is 18.8 Å². The Morgan fingerprint density at radius 1 is 0.769 bits per heavy atom. The number of piperidine rings is 1. The van der Waals surface area contributed by atoms with Gasteiger partial charge in [0.2, 0.25) is 25.0 Å². The summed E-state index contributed by atoms with van der Waals surface area (Å²) in [6.45, 7) is 0.927. The molecule has 10 heteroatoms. The molecule has 0 bridgehead atoms. The maximum absolute atomic E-state index is 13.2. The average molecular weight is 565 g/mol. The first-order valence-corrected chi connectivity index (χ1v) is 15.5. The molecule has 4 aromatic rings. The van der Waals surface area contributed by atoms with Crippen LogP contribution in [0.2, 0.25) is 0 Å². The molecule has 0 aliphatic carbocycles. The van der Waals surface area contributed by atoms with Crippen molar-refractivity contribution >= 4 is 31.5 Å². The number of hydrogen-bond acceptors (Lipinski definition) is 6. The number of hydrogen-bond donors (Lipinski definition) is 1. The second-order valence-corrected chi connectivity index (χ2v) is 13.3. The Morgan fingerprint density at radius 3 is 2.03 bits per heavy atom. The first-order chi connectivity index (χ1) is 18.7. The SMILES string of the molecule is O=C(Nc1ccc(S(=O)(=O)N2CCC(Cc3ccccc3)CC2)cc1)c1ccc(S(=O)(=O)c2ccccc2)o1. The normalized spacial score (nSPS) is 15.2. The molecule has 0 saturated carbocycles. The van der Waals surface area contributed by atoms with Crippen molar-refractivity contribution < 1.29 is 26.0 Å². The minimum Gasteiger partial charge on any atom is -0.439 e. The predicted octanol–water partition coefficient (Wildman–Crippen LogP) is 5.01. The van der Waals surface area contributed by atoms with E-state index in [1.54, 1.807) is 18.2 Å². The van der Waals surface area contributed by atoms with Gasteiger partial charge in [0.05, 0.1) is 9.79 Å². The highest BCUT2D eigenvalue weighted by molar-refractivity contribution is 7.91. The number of benzene rings is 3. The molecule has 0 radical (unpaired) electrons. The van der Waals surface area contributed by atoms with Crippen LogP contribution in [0.1, 0.15) is 29.0 Å². The zero-order chi connectivity index (χ0) is 27.5. The van der Waals surface area contributed by atoms with Gasteiger partial charge in [-0.15, -0.1) is 0 Å². The quantitative estimate of drug-likeness (QED) is 0.322. The molecule has 8 nitrogen and oxygen atoms in total. The van der Waals surface area contributed by atoms with E-state index in [9.17, 15) is 21.6 Å². The molecule has 1 saturated heterocycles. The van der Waals surface area contributed by atoms with Crippen molar-refractivity contribution in [1.29, 1.82) is 0 Å². The number of sulfonamides is 1. The standard InChI is InChI=1S/C29H28N2O6S2/c32-29(27-15-16-28(37-27)38(33,34)25-9-5-2-6-10-25)30-24-11-13-26(14-12-24)39(35,36)31-19-17-23(18-20-31)21-22-7-3-1-4-8-22/h1-16,23H,17-21H2,(H,30,32). The summed E-state index contributed by atoms with van der Waals surface area (Å²) in [6, 6.07) is 26.4. The maximum atomic E-state index is 13.2. The number of rotatable bonds is 8. The summed E-state index contributed by atoms with van der Waals surface area (Å²) in [4.78, 5) is 12.9. The van der Waals surface area contributed by atoms with Crippen LogP contribution < -0.4 is 5.32 Å². The lowest BCUT2D eigenvalue weighted by atomic mass is 9.91. The number of nitrogens with one attached hydrogen (secondary N) is 1. The zero-order valence-corrected chi connectivity index (χ0v) is 22.7. The Hall–Kier alpha value is -3.73. The molecule has 1 N–H and O–H groups in total. The number of sulfone groups is 1. The Labute approximate surface area is 228 Å². The molecular weight excluding hydrogens is 536 g/mol. The third kappa shape index (κ3) is 5.98. The fraction of sp³-hybridized carbons (Fsp3) is 0.207. The summed E-state index contributed by atoms with van der Waals surface area (Å²) in [5.74, 6) is -0.388. The van der Waals surface area contributed by atoms with E-state index in [1.165, 1.54) is 58.4 Å². The van der Waals surface area contributed by atoms with Crippen molar-refractivity contribution in [3.8, 4) is 0 Å². The van der Waals surface area contributed by atoms with Crippen LogP contribution in [0.5, 0.6) is 0 Å². The fourth-order valence-electron chi connectivity index (χ4n) is 4.66. The van der Waals surface area contributed by atoms with Crippen LogP contribution in [0, 0.1) is 5.92 Å². The summed E-state index contributed by atoms with van der Waals surface area (Å²) >= 11 is 0. The lowest BCUT2D eigenvalue weighted by Crippen LogP contribution is -2.38. The van der Waals surface area contributed by atoms with Crippen LogP contribution in [0.4, 0.5) is 5.69 Å². The van der Waals surface area contributed by atoms with Gasteiger partial charge >= 0.3 is 0 Å². The molecule has 1 aliphatic heterocycles. The number of carbonyl (C=O) groups excluding carboxylic acids is 1. The van der Waals surface area contributed by atoms with Crippen LogP contribution in [0.3, 0.4) is 0 Å². The van der Waals surface area contributed by atoms with Gasteiger partial charge in [-0.2, -0.15) is 4.31 Å². The van der Waals surface area contributed by atoms with Gasteiger partial charge in [-0.3, -0.25) is 4.79 Å². The molecule has 1 amide bonds. The topological polar surface area (TPSA) is 114 Å². The number of carbonyl (C=O) groups is 1. The highest BCUT2D eigenvalue weighted by atomic mass is 32.2. The third-order valence-corrected chi connectivity index (χ3v) is 10.4. The van der Waals surface area contributed by atoms with Crippen molar-refractivity contribution in [2.75, 3.05) is 18.4 Å². The van der Waals surface area contributed by atoms with E-state index in [1.807, 2.05) is 18.2 Å². The van der Waals surface area contributed by atoms with E-state index in [4.69, 9.17) is 4.42 Å². The van der Waals surface area contributed by atoms with E-state index in [-0.39, 0.29) is 20.6 Å². The van der Waals surface area contributed by atoms with E-state index < -0.39 is 25.8 Å². The van der Waals surface area contributed by atoms with Crippen LogP contribution in [-0.2, 0) is 26.3 Å². The van der Waals surface area contributed by atoms with Gasteiger partial charge in [0.15, 0.2) is 5.76 Å². The Morgan fingerprint density at radius 2 is 1.38 bits per heavy atom. The van der Waals surface area contributed by atoms with Gasteiger partial charge < -0.3 is 9.73 Å². The lowest BCUT2D eigenvalue weighted by molar-refractivity contribution is 0.0991. The summed E-state index contributed by atoms with van der Waals surface area (Å²) in [5.41, 5.74) is 1.62. The van der Waals surface area contributed by atoms with Crippen LogP contribution >= 0.6 is 0 Å².